The molecular formula is C11H25Cl2F3N3Ti. The maximum Gasteiger partial charge on any atom is 3.00 e. The van der Waals surface area contributed by atoms with Crippen LogP contribution >= 0.6 is 24.8 Å². The molecule has 1 rings (SSSR count). The van der Waals surface area contributed by atoms with Crippen LogP contribution < -0.4 is 10.6 Å². The summed E-state index contributed by atoms with van der Waals surface area (Å²) in [6.07, 6.45) is 3.65. The van der Waals surface area contributed by atoms with Gasteiger partial charge >= 0.3 is 21.7 Å². The zero-order valence-electron chi connectivity index (χ0n) is 11.8. The summed E-state index contributed by atoms with van der Waals surface area (Å²) < 4.78 is 28.8. The molecule has 20 heavy (non-hydrogen) atoms. The topological polar surface area (TPSA) is 38.2 Å². The third kappa shape index (κ3) is 36.4. The first kappa shape index (κ1) is 32.8. The van der Waals surface area contributed by atoms with Crippen LogP contribution in [0.1, 0.15) is 19.3 Å². The minimum absolute atomic E-state index is 0. The molecule has 0 aromatic rings. The van der Waals surface area contributed by atoms with Crippen molar-refractivity contribution in [3.8, 4) is 0 Å². The molecule has 9 heteroatoms. The molecule has 1 saturated heterocycles. The zero-order valence-corrected chi connectivity index (χ0v) is 15.0. The third-order valence-electron chi connectivity index (χ3n) is 2.05. The predicted octanol–water partition coefficient (Wildman–Crippen LogP) is 3.36. The number of nitrogens with one attached hydrogen (secondary N) is 2. The van der Waals surface area contributed by atoms with Gasteiger partial charge in [0.15, 0.2) is 6.68 Å². The Morgan fingerprint density at radius 3 is 1.40 bits per heavy atom. The molecule has 0 unspecified atom stereocenters. The first-order chi connectivity index (χ1) is 7.73. The van der Waals surface area contributed by atoms with Crippen molar-refractivity contribution in [1.82, 2.24) is 10.6 Å². The molecule has 0 saturated carbocycles. The van der Waals surface area contributed by atoms with Crippen molar-refractivity contribution < 1.29 is 34.9 Å². The minimum atomic E-state index is -3.08. The van der Waals surface area contributed by atoms with Crippen LogP contribution in [0.3, 0.4) is 0 Å². The van der Waals surface area contributed by atoms with Gasteiger partial charge < -0.3 is 36.5 Å². The Hall–Kier alpha value is 0.964. The van der Waals surface area contributed by atoms with Crippen molar-refractivity contribution in [3.63, 3.8) is 0 Å². The second-order valence-corrected chi connectivity index (χ2v) is 3.45. The first-order valence-electron chi connectivity index (χ1n) is 5.61. The van der Waals surface area contributed by atoms with Gasteiger partial charge in [0.1, 0.15) is 0 Å². The summed E-state index contributed by atoms with van der Waals surface area (Å²) >= 11 is 0. The molecule has 1 heterocycles. The number of hydrogen-bond donors (Lipinski definition) is 2. The van der Waals surface area contributed by atoms with E-state index in [9.17, 15) is 13.2 Å². The van der Waals surface area contributed by atoms with Crippen LogP contribution in [0.25, 0.3) is 5.32 Å². The molecule has 1 aliphatic rings. The Morgan fingerprint density at radius 2 is 1.05 bits per heavy atom. The number of hydrogen-bond acceptors (Lipinski definition) is 2. The maximum atomic E-state index is 9.58. The monoisotopic (exact) mass is 374 g/mol. The van der Waals surface area contributed by atoms with Crippen LogP contribution in [0, 0.1) is 14.1 Å². The Bertz CT molecular complexity index is 106. The molecule has 0 aromatic heterocycles. The molecule has 1 fully saturated rings. The van der Waals surface area contributed by atoms with Crippen molar-refractivity contribution >= 4 is 24.8 Å². The van der Waals surface area contributed by atoms with E-state index in [-0.39, 0.29) is 54.0 Å². The van der Waals surface area contributed by atoms with Gasteiger partial charge in [-0.15, -0.1) is 37.9 Å². The summed E-state index contributed by atoms with van der Waals surface area (Å²) in [4.78, 5) is 0. The van der Waals surface area contributed by atoms with E-state index in [1.807, 2.05) is 0 Å². The van der Waals surface area contributed by atoms with Gasteiger partial charge in [-0.1, -0.05) is 12.8 Å². The fourth-order valence-corrected chi connectivity index (χ4v) is 1.33. The Balaban J connectivity index is -0.0000000844. The largest absolute Gasteiger partial charge is 3.00 e. The van der Waals surface area contributed by atoms with Gasteiger partial charge in [0.05, 0.1) is 0 Å². The van der Waals surface area contributed by atoms with Crippen LogP contribution in [0.15, 0.2) is 0 Å². The molecule has 0 aromatic carbocycles. The number of halogens is 5. The van der Waals surface area contributed by atoms with Crippen LogP contribution in [-0.4, -0.2) is 39.3 Å². The van der Waals surface area contributed by atoms with Crippen LogP contribution in [0.5, 0.6) is 0 Å². The van der Waals surface area contributed by atoms with E-state index < -0.39 is 6.68 Å². The quantitative estimate of drug-likeness (QED) is 0.504. The van der Waals surface area contributed by atoms with Gasteiger partial charge in [-0.25, -0.2) is 0 Å². The maximum absolute atomic E-state index is 9.58. The average molecular weight is 375 g/mol. The molecule has 3 nitrogen and oxygen atoms in total. The van der Waals surface area contributed by atoms with Gasteiger partial charge in [0.25, 0.3) is 0 Å². The van der Waals surface area contributed by atoms with Gasteiger partial charge in [-0.05, 0) is 32.6 Å². The van der Waals surface area contributed by atoms with Gasteiger partial charge in [0, 0.05) is 0 Å². The normalized spacial score (nSPS) is 16.2. The Kier molecular flexibility index (Phi) is 46.2. The third-order valence-corrected chi connectivity index (χ3v) is 2.05. The molecule has 0 aliphatic carbocycles. The van der Waals surface area contributed by atoms with Crippen molar-refractivity contribution in [2.75, 3.05) is 39.3 Å². The van der Waals surface area contributed by atoms with Gasteiger partial charge in [0.2, 0.25) is 0 Å². The van der Waals surface area contributed by atoms with Crippen molar-refractivity contribution in [2.45, 2.75) is 19.3 Å². The van der Waals surface area contributed by atoms with E-state index in [1.54, 1.807) is 0 Å². The Morgan fingerprint density at radius 1 is 0.750 bits per heavy atom. The Labute approximate surface area is 148 Å². The smallest absolute Gasteiger partial charge is 0.662 e. The van der Waals surface area contributed by atoms with Crippen molar-refractivity contribution in [2.24, 2.45) is 0 Å². The second kappa shape index (κ2) is 28.2. The van der Waals surface area contributed by atoms with Gasteiger partial charge in [-0.3, -0.25) is 0 Å². The standard InChI is InChI=1S/C9H20N3.CF3.CH3.2ClH.Ti/c1-4-10-6-2-8-12-9-3-7-11-5-1;2-1(3)4;;;;/h10-11H,1-9H2;;1H3;2*1H;/q3*-1;;;+3. The van der Waals surface area contributed by atoms with E-state index in [0.29, 0.717) is 0 Å². The molecule has 0 spiro atoms. The van der Waals surface area contributed by atoms with Crippen molar-refractivity contribution in [3.05, 3.63) is 19.4 Å². The molecule has 123 valence electrons. The van der Waals surface area contributed by atoms with Crippen LogP contribution in [0.2, 0.25) is 0 Å². The molecular weight excluding hydrogens is 350 g/mol. The van der Waals surface area contributed by atoms with E-state index in [4.69, 9.17) is 0 Å². The molecule has 2 N–H and O–H groups in total. The zero-order chi connectivity index (χ0) is 12.1. The van der Waals surface area contributed by atoms with Gasteiger partial charge in [-0.2, -0.15) is 0 Å². The average Bonchev–Trinajstić information content (AvgIpc) is 2.17. The predicted molar refractivity (Wildman–Crippen MR) is 80.2 cm³/mol. The van der Waals surface area contributed by atoms with Crippen LogP contribution in [-0.2, 0) is 21.7 Å². The van der Waals surface area contributed by atoms with Crippen LogP contribution in [0.4, 0.5) is 13.2 Å². The summed E-state index contributed by atoms with van der Waals surface area (Å²) in [6.45, 7) is 3.53. The van der Waals surface area contributed by atoms with E-state index in [1.165, 1.54) is 19.3 Å². The summed E-state index contributed by atoms with van der Waals surface area (Å²) in [5.74, 6) is 0. The number of rotatable bonds is 0. The summed E-state index contributed by atoms with van der Waals surface area (Å²) in [5.41, 5.74) is 0. The number of nitrogens with zero attached hydrogens (tertiary/aromatic N) is 1. The second-order valence-electron chi connectivity index (χ2n) is 3.45. The molecule has 0 amide bonds. The summed E-state index contributed by atoms with van der Waals surface area (Å²) in [7, 11) is 0. The molecule has 1 aliphatic heterocycles. The van der Waals surface area contributed by atoms with Crippen molar-refractivity contribution in [1.29, 1.82) is 0 Å². The first-order valence-corrected chi connectivity index (χ1v) is 5.61. The molecule has 1 radical (unpaired) electrons. The summed E-state index contributed by atoms with van der Waals surface area (Å²) in [5, 5.41) is 11.2. The minimum Gasteiger partial charge on any atom is -0.662 e. The van der Waals surface area contributed by atoms with E-state index >= 15 is 0 Å². The fraction of sp³-hybridized carbons (Fsp3) is 0.818. The van der Waals surface area contributed by atoms with E-state index in [2.05, 4.69) is 16.0 Å². The summed E-state index contributed by atoms with van der Waals surface area (Å²) in [6, 6.07) is 0. The molecule has 0 atom stereocenters. The SMILES string of the molecule is C1C[N-]CCCNCCCNC1.Cl.Cl.F[C-](F)F.[CH3-].[Ti+3]. The molecule has 0 bridgehead atoms. The van der Waals surface area contributed by atoms with E-state index in [0.717, 1.165) is 39.3 Å². The fourth-order valence-electron chi connectivity index (χ4n) is 1.33.